The van der Waals surface area contributed by atoms with Gasteiger partial charge in [-0.15, -0.1) is 0 Å². The fraction of sp³-hybridized carbons (Fsp3) is 0.462. The van der Waals surface area contributed by atoms with E-state index in [4.69, 9.17) is 17.3 Å². The van der Waals surface area contributed by atoms with Crippen LogP contribution >= 0.6 is 11.6 Å². The average molecular weight is 269 g/mol. The van der Waals surface area contributed by atoms with Crippen LogP contribution in [0.15, 0.2) is 18.2 Å². The van der Waals surface area contributed by atoms with Crippen LogP contribution in [0.25, 0.3) is 0 Å². The first kappa shape index (κ1) is 13.2. The first-order valence-electron chi connectivity index (χ1n) is 5.86. The van der Waals surface area contributed by atoms with E-state index in [0.717, 1.165) is 5.69 Å². The zero-order valence-electron chi connectivity index (χ0n) is 10.4. The number of amides is 1. The molecule has 1 fully saturated rings. The van der Waals surface area contributed by atoms with Gasteiger partial charge in [0.1, 0.15) is 0 Å². The fourth-order valence-corrected chi connectivity index (χ4v) is 2.43. The van der Waals surface area contributed by atoms with Crippen LogP contribution in [0, 0.1) is 5.41 Å². The van der Waals surface area contributed by atoms with Crippen molar-refractivity contribution in [3.63, 3.8) is 0 Å². The van der Waals surface area contributed by atoms with E-state index in [2.05, 4.69) is 5.32 Å². The van der Waals surface area contributed by atoms with E-state index in [1.807, 2.05) is 13.8 Å². The molecule has 2 unspecified atom stereocenters. The summed E-state index contributed by atoms with van der Waals surface area (Å²) in [7, 11) is 0. The summed E-state index contributed by atoms with van der Waals surface area (Å²) in [4.78, 5) is 11.1. The van der Waals surface area contributed by atoms with Crippen molar-refractivity contribution >= 4 is 23.2 Å². The summed E-state index contributed by atoms with van der Waals surface area (Å²) in [5.74, 6) is -0.536. The summed E-state index contributed by atoms with van der Waals surface area (Å²) in [6.07, 6.45) is 0.428. The number of hydrogen-bond acceptors (Lipinski definition) is 3. The SMILES string of the molecule is CC1(C)C(O)CC1Nc1ccc(C(N)=O)c(Cl)c1. The van der Waals surface area contributed by atoms with Crippen molar-refractivity contribution in [2.24, 2.45) is 11.1 Å². The van der Waals surface area contributed by atoms with E-state index < -0.39 is 5.91 Å². The maximum absolute atomic E-state index is 11.1. The maximum atomic E-state index is 11.1. The van der Waals surface area contributed by atoms with E-state index in [-0.39, 0.29) is 17.6 Å². The molecule has 1 amide bonds. The molecule has 1 aliphatic carbocycles. The summed E-state index contributed by atoms with van der Waals surface area (Å²) in [6, 6.07) is 5.26. The van der Waals surface area contributed by atoms with E-state index >= 15 is 0 Å². The van der Waals surface area contributed by atoms with E-state index in [0.29, 0.717) is 17.0 Å². The Morgan fingerprint density at radius 3 is 2.67 bits per heavy atom. The lowest BCUT2D eigenvalue weighted by Crippen LogP contribution is -2.56. The fourth-order valence-electron chi connectivity index (χ4n) is 2.15. The Bertz CT molecular complexity index is 488. The average Bonchev–Trinajstić information content (AvgIpc) is 2.28. The highest BCUT2D eigenvalue weighted by Gasteiger charge is 2.47. The smallest absolute Gasteiger partial charge is 0.250 e. The standard InChI is InChI=1S/C13H17ClN2O2/c1-13(2)10(6-11(13)17)16-7-3-4-8(12(15)18)9(14)5-7/h3-5,10-11,16-17H,6H2,1-2H3,(H2,15,18). The Labute approximate surface area is 111 Å². The first-order chi connectivity index (χ1) is 8.32. The summed E-state index contributed by atoms with van der Waals surface area (Å²) in [5, 5.41) is 13.3. The van der Waals surface area contributed by atoms with Crippen molar-refractivity contribution in [1.82, 2.24) is 0 Å². The Kier molecular flexibility index (Phi) is 3.25. The van der Waals surface area contributed by atoms with E-state index in [9.17, 15) is 9.90 Å². The molecule has 1 aromatic rings. The number of benzene rings is 1. The van der Waals surface area contributed by atoms with Crippen LogP contribution in [-0.2, 0) is 0 Å². The third-order valence-corrected chi connectivity index (χ3v) is 4.10. The Morgan fingerprint density at radius 1 is 1.56 bits per heavy atom. The molecule has 0 spiro atoms. The molecule has 5 heteroatoms. The van der Waals surface area contributed by atoms with Crippen LogP contribution < -0.4 is 11.1 Å². The highest BCUT2D eigenvalue weighted by molar-refractivity contribution is 6.34. The highest BCUT2D eigenvalue weighted by atomic mass is 35.5. The van der Waals surface area contributed by atoms with Crippen LogP contribution in [0.5, 0.6) is 0 Å². The minimum atomic E-state index is -0.536. The van der Waals surface area contributed by atoms with Gasteiger partial charge in [-0.3, -0.25) is 4.79 Å². The number of aliphatic hydroxyl groups excluding tert-OH is 1. The number of nitrogens with two attached hydrogens (primary N) is 1. The lowest BCUT2D eigenvalue weighted by Gasteiger charge is -2.49. The van der Waals surface area contributed by atoms with Gasteiger partial charge in [0.2, 0.25) is 5.91 Å². The largest absolute Gasteiger partial charge is 0.392 e. The lowest BCUT2D eigenvalue weighted by molar-refractivity contribution is -0.0510. The minimum Gasteiger partial charge on any atom is -0.392 e. The molecule has 0 radical (unpaired) electrons. The molecule has 4 nitrogen and oxygen atoms in total. The number of primary amides is 1. The van der Waals surface area contributed by atoms with Gasteiger partial charge >= 0.3 is 0 Å². The van der Waals surface area contributed by atoms with Crippen LogP contribution in [0.3, 0.4) is 0 Å². The summed E-state index contributed by atoms with van der Waals surface area (Å²) in [5.41, 5.74) is 6.17. The van der Waals surface area contributed by atoms with Crippen molar-refractivity contribution in [2.45, 2.75) is 32.4 Å². The molecule has 0 heterocycles. The number of carbonyl (C=O) groups is 1. The third kappa shape index (κ3) is 2.18. The van der Waals surface area contributed by atoms with Crippen LogP contribution in [-0.4, -0.2) is 23.2 Å². The number of carbonyl (C=O) groups excluding carboxylic acids is 1. The summed E-state index contributed by atoms with van der Waals surface area (Å²) < 4.78 is 0. The summed E-state index contributed by atoms with van der Waals surface area (Å²) >= 11 is 5.98. The number of anilines is 1. The minimum absolute atomic E-state index is 0.158. The van der Waals surface area contributed by atoms with Crippen molar-refractivity contribution in [2.75, 3.05) is 5.32 Å². The topological polar surface area (TPSA) is 75.3 Å². The van der Waals surface area contributed by atoms with Gasteiger partial charge in [-0.1, -0.05) is 25.4 Å². The Balaban J connectivity index is 2.12. The molecule has 2 rings (SSSR count). The zero-order valence-corrected chi connectivity index (χ0v) is 11.2. The monoisotopic (exact) mass is 268 g/mol. The molecule has 4 N–H and O–H groups in total. The Hall–Kier alpha value is -1.26. The van der Waals surface area contributed by atoms with Crippen LogP contribution in [0.4, 0.5) is 5.69 Å². The number of halogens is 1. The van der Waals surface area contributed by atoms with Crippen molar-refractivity contribution < 1.29 is 9.90 Å². The molecule has 0 aromatic heterocycles. The summed E-state index contributed by atoms with van der Waals surface area (Å²) in [6.45, 7) is 4.02. The lowest BCUT2D eigenvalue weighted by atomic mass is 9.64. The molecule has 98 valence electrons. The molecular weight excluding hydrogens is 252 g/mol. The predicted molar refractivity (Wildman–Crippen MR) is 71.8 cm³/mol. The molecule has 1 aliphatic rings. The molecule has 0 saturated heterocycles. The molecule has 1 aromatic carbocycles. The van der Waals surface area contributed by atoms with Gasteiger partial charge in [-0.25, -0.2) is 0 Å². The number of hydrogen-bond donors (Lipinski definition) is 3. The van der Waals surface area contributed by atoms with Crippen LogP contribution in [0.1, 0.15) is 30.6 Å². The number of rotatable bonds is 3. The van der Waals surface area contributed by atoms with Crippen LogP contribution in [0.2, 0.25) is 5.02 Å². The molecule has 1 saturated carbocycles. The van der Waals surface area contributed by atoms with Gasteiger partial charge in [0, 0.05) is 17.1 Å². The number of aliphatic hydroxyl groups is 1. The van der Waals surface area contributed by atoms with Crippen molar-refractivity contribution in [3.05, 3.63) is 28.8 Å². The first-order valence-corrected chi connectivity index (χ1v) is 6.24. The quantitative estimate of drug-likeness (QED) is 0.785. The normalized spacial score (nSPS) is 25.3. The van der Waals surface area contributed by atoms with Gasteiger partial charge in [0.25, 0.3) is 0 Å². The van der Waals surface area contributed by atoms with E-state index in [1.165, 1.54) is 0 Å². The van der Waals surface area contributed by atoms with Gasteiger partial charge in [0.15, 0.2) is 0 Å². The molecule has 0 bridgehead atoms. The molecule has 18 heavy (non-hydrogen) atoms. The molecular formula is C13H17ClN2O2. The molecule has 0 aliphatic heterocycles. The second-order valence-electron chi connectivity index (χ2n) is 5.33. The highest BCUT2D eigenvalue weighted by Crippen LogP contribution is 2.42. The second-order valence-corrected chi connectivity index (χ2v) is 5.74. The zero-order chi connectivity index (χ0) is 13.5. The predicted octanol–water partition coefficient (Wildman–Crippen LogP) is 2.01. The van der Waals surface area contributed by atoms with Gasteiger partial charge in [-0.05, 0) is 24.6 Å². The Morgan fingerprint density at radius 2 is 2.22 bits per heavy atom. The van der Waals surface area contributed by atoms with Gasteiger partial charge in [0.05, 0.1) is 16.7 Å². The van der Waals surface area contributed by atoms with Gasteiger partial charge in [-0.2, -0.15) is 0 Å². The second kappa shape index (κ2) is 4.44. The maximum Gasteiger partial charge on any atom is 0.250 e. The third-order valence-electron chi connectivity index (χ3n) is 3.79. The van der Waals surface area contributed by atoms with Crippen molar-refractivity contribution in [3.8, 4) is 0 Å². The van der Waals surface area contributed by atoms with Gasteiger partial charge < -0.3 is 16.2 Å². The van der Waals surface area contributed by atoms with E-state index in [1.54, 1.807) is 18.2 Å². The number of nitrogens with one attached hydrogen (secondary N) is 1. The molecule has 2 atom stereocenters. The van der Waals surface area contributed by atoms with Crippen molar-refractivity contribution in [1.29, 1.82) is 0 Å².